The lowest BCUT2D eigenvalue weighted by molar-refractivity contribution is -0.129. The SMILES string of the molecule is CC(C)(C)C(=O)NC1CCN(Cc2cc(F)cc(F)c2)CC1. The topological polar surface area (TPSA) is 32.3 Å². The summed E-state index contributed by atoms with van der Waals surface area (Å²) in [5.41, 5.74) is 0.269. The van der Waals surface area contributed by atoms with Crippen LogP contribution in [0.15, 0.2) is 18.2 Å². The molecule has 1 aliphatic rings. The molecule has 22 heavy (non-hydrogen) atoms. The standard InChI is InChI=1S/C17H24F2N2O/c1-17(2,3)16(22)20-15-4-6-21(7-5-15)11-12-8-13(18)10-14(19)9-12/h8-10,15H,4-7,11H2,1-3H3,(H,20,22). The molecule has 1 fully saturated rings. The molecule has 0 atom stereocenters. The van der Waals surface area contributed by atoms with Gasteiger partial charge in [-0.05, 0) is 30.5 Å². The summed E-state index contributed by atoms with van der Waals surface area (Å²) in [6.45, 7) is 7.86. The van der Waals surface area contributed by atoms with Crippen LogP contribution in [-0.2, 0) is 11.3 Å². The fourth-order valence-electron chi connectivity index (χ4n) is 2.60. The average molecular weight is 310 g/mol. The second-order valence-electron chi connectivity index (χ2n) is 7.05. The smallest absolute Gasteiger partial charge is 0.225 e. The first-order valence-electron chi connectivity index (χ1n) is 7.72. The lowest BCUT2D eigenvalue weighted by Crippen LogP contribution is -2.47. The van der Waals surface area contributed by atoms with E-state index in [0.717, 1.165) is 32.0 Å². The Morgan fingerprint density at radius 2 is 1.73 bits per heavy atom. The molecule has 1 amide bonds. The highest BCUT2D eigenvalue weighted by Gasteiger charge is 2.26. The van der Waals surface area contributed by atoms with Crippen molar-refractivity contribution in [2.24, 2.45) is 5.41 Å². The van der Waals surface area contributed by atoms with Crippen molar-refractivity contribution in [3.05, 3.63) is 35.4 Å². The van der Waals surface area contributed by atoms with E-state index in [1.165, 1.54) is 12.1 Å². The molecule has 0 radical (unpaired) electrons. The van der Waals surface area contributed by atoms with Crippen molar-refractivity contribution in [2.45, 2.75) is 46.2 Å². The molecule has 1 heterocycles. The molecule has 1 aliphatic heterocycles. The maximum absolute atomic E-state index is 13.2. The van der Waals surface area contributed by atoms with Crippen LogP contribution < -0.4 is 5.32 Å². The van der Waals surface area contributed by atoms with Gasteiger partial charge >= 0.3 is 0 Å². The molecule has 1 aromatic rings. The van der Waals surface area contributed by atoms with E-state index in [1.807, 2.05) is 20.8 Å². The monoisotopic (exact) mass is 310 g/mol. The summed E-state index contributed by atoms with van der Waals surface area (Å²) in [5, 5.41) is 3.08. The highest BCUT2D eigenvalue weighted by Crippen LogP contribution is 2.18. The zero-order valence-electron chi connectivity index (χ0n) is 13.5. The van der Waals surface area contributed by atoms with Crippen LogP contribution in [0.3, 0.4) is 0 Å². The van der Waals surface area contributed by atoms with Crippen LogP contribution in [0.5, 0.6) is 0 Å². The van der Waals surface area contributed by atoms with Crippen molar-refractivity contribution < 1.29 is 13.6 Å². The van der Waals surface area contributed by atoms with Gasteiger partial charge in [0.1, 0.15) is 11.6 Å². The summed E-state index contributed by atoms with van der Waals surface area (Å²) in [4.78, 5) is 14.1. The summed E-state index contributed by atoms with van der Waals surface area (Å²) >= 11 is 0. The van der Waals surface area contributed by atoms with Gasteiger partial charge in [-0.2, -0.15) is 0 Å². The number of nitrogens with one attached hydrogen (secondary N) is 1. The highest BCUT2D eigenvalue weighted by atomic mass is 19.1. The van der Waals surface area contributed by atoms with Crippen LogP contribution in [0.25, 0.3) is 0 Å². The zero-order chi connectivity index (χ0) is 16.3. The van der Waals surface area contributed by atoms with Gasteiger partial charge in [-0.15, -0.1) is 0 Å². The van der Waals surface area contributed by atoms with Gasteiger partial charge in [0.15, 0.2) is 0 Å². The zero-order valence-corrected chi connectivity index (χ0v) is 13.5. The first kappa shape index (κ1) is 16.9. The van der Waals surface area contributed by atoms with Crippen molar-refractivity contribution >= 4 is 5.91 Å². The van der Waals surface area contributed by atoms with Crippen LogP contribution in [0.4, 0.5) is 8.78 Å². The van der Waals surface area contributed by atoms with Gasteiger partial charge in [0.25, 0.3) is 0 Å². The number of benzene rings is 1. The summed E-state index contributed by atoms with van der Waals surface area (Å²) in [6, 6.07) is 3.82. The van der Waals surface area contributed by atoms with E-state index in [1.54, 1.807) is 0 Å². The largest absolute Gasteiger partial charge is 0.353 e. The Kier molecular flexibility index (Phi) is 5.16. The number of likely N-dealkylation sites (tertiary alicyclic amines) is 1. The fourth-order valence-corrected chi connectivity index (χ4v) is 2.60. The summed E-state index contributed by atoms with van der Waals surface area (Å²) < 4.78 is 26.4. The first-order chi connectivity index (χ1) is 10.2. The third-order valence-corrected chi connectivity index (χ3v) is 3.93. The summed E-state index contributed by atoms with van der Waals surface area (Å²) in [5.74, 6) is -1.01. The molecule has 0 aromatic heterocycles. The van der Waals surface area contributed by atoms with Gasteiger partial charge in [0, 0.05) is 37.2 Å². The number of carbonyl (C=O) groups excluding carboxylic acids is 1. The molecule has 3 nitrogen and oxygen atoms in total. The molecule has 0 aliphatic carbocycles. The average Bonchev–Trinajstić information content (AvgIpc) is 2.38. The molecule has 1 aromatic carbocycles. The molecule has 2 rings (SSSR count). The van der Waals surface area contributed by atoms with Crippen LogP contribution in [-0.4, -0.2) is 29.9 Å². The Morgan fingerprint density at radius 3 is 2.23 bits per heavy atom. The van der Waals surface area contributed by atoms with E-state index in [4.69, 9.17) is 0 Å². The number of hydrogen-bond acceptors (Lipinski definition) is 2. The Labute approximate surface area is 130 Å². The number of rotatable bonds is 3. The maximum Gasteiger partial charge on any atom is 0.225 e. The van der Waals surface area contributed by atoms with Crippen molar-refractivity contribution in [3.8, 4) is 0 Å². The molecule has 122 valence electrons. The number of piperidine rings is 1. The lowest BCUT2D eigenvalue weighted by Gasteiger charge is -2.33. The van der Waals surface area contributed by atoms with Crippen LogP contribution >= 0.6 is 0 Å². The van der Waals surface area contributed by atoms with Crippen molar-refractivity contribution in [1.82, 2.24) is 10.2 Å². The number of nitrogens with zero attached hydrogens (tertiary/aromatic N) is 1. The van der Waals surface area contributed by atoms with Gasteiger partial charge in [-0.3, -0.25) is 9.69 Å². The Balaban J connectivity index is 1.83. The fraction of sp³-hybridized carbons (Fsp3) is 0.588. The minimum Gasteiger partial charge on any atom is -0.353 e. The molecule has 1 saturated heterocycles. The Morgan fingerprint density at radius 1 is 1.18 bits per heavy atom. The summed E-state index contributed by atoms with van der Waals surface area (Å²) in [7, 11) is 0. The molecular formula is C17H24F2N2O. The second kappa shape index (κ2) is 6.73. The lowest BCUT2D eigenvalue weighted by atomic mass is 9.94. The van der Waals surface area contributed by atoms with Gasteiger partial charge in [0.2, 0.25) is 5.91 Å². The van der Waals surface area contributed by atoms with E-state index < -0.39 is 11.6 Å². The van der Waals surface area contributed by atoms with Gasteiger partial charge in [-0.1, -0.05) is 20.8 Å². The van der Waals surface area contributed by atoms with E-state index >= 15 is 0 Å². The molecule has 0 saturated carbocycles. The summed E-state index contributed by atoms with van der Waals surface area (Å²) in [6.07, 6.45) is 1.72. The first-order valence-corrected chi connectivity index (χ1v) is 7.72. The normalized spacial score (nSPS) is 17.5. The highest BCUT2D eigenvalue weighted by molar-refractivity contribution is 5.81. The van der Waals surface area contributed by atoms with Crippen molar-refractivity contribution in [2.75, 3.05) is 13.1 Å². The number of halogens is 2. The molecule has 1 N–H and O–H groups in total. The van der Waals surface area contributed by atoms with Gasteiger partial charge in [0.05, 0.1) is 0 Å². The molecule has 5 heteroatoms. The quantitative estimate of drug-likeness (QED) is 0.930. The minimum atomic E-state index is -0.540. The Bertz CT molecular complexity index is 512. The van der Waals surface area contributed by atoms with Crippen molar-refractivity contribution in [1.29, 1.82) is 0 Å². The number of hydrogen-bond donors (Lipinski definition) is 1. The van der Waals surface area contributed by atoms with E-state index in [-0.39, 0.29) is 17.4 Å². The maximum atomic E-state index is 13.2. The molecule has 0 spiro atoms. The van der Waals surface area contributed by atoms with E-state index in [9.17, 15) is 13.6 Å². The minimum absolute atomic E-state index is 0.0677. The third-order valence-electron chi connectivity index (χ3n) is 3.93. The predicted molar refractivity (Wildman–Crippen MR) is 82.3 cm³/mol. The van der Waals surface area contributed by atoms with Gasteiger partial charge in [-0.25, -0.2) is 8.78 Å². The van der Waals surface area contributed by atoms with E-state index in [2.05, 4.69) is 10.2 Å². The predicted octanol–water partition coefficient (Wildman–Crippen LogP) is 3.09. The number of carbonyl (C=O) groups is 1. The van der Waals surface area contributed by atoms with E-state index in [0.29, 0.717) is 12.1 Å². The van der Waals surface area contributed by atoms with Crippen LogP contribution in [0, 0.1) is 17.0 Å². The number of amides is 1. The van der Waals surface area contributed by atoms with Crippen LogP contribution in [0.1, 0.15) is 39.2 Å². The Hall–Kier alpha value is -1.49. The van der Waals surface area contributed by atoms with Gasteiger partial charge < -0.3 is 5.32 Å². The molecule has 0 bridgehead atoms. The second-order valence-corrected chi connectivity index (χ2v) is 7.05. The van der Waals surface area contributed by atoms with Crippen LogP contribution in [0.2, 0.25) is 0 Å². The molecular weight excluding hydrogens is 286 g/mol. The third kappa shape index (κ3) is 4.77. The van der Waals surface area contributed by atoms with Crippen molar-refractivity contribution in [3.63, 3.8) is 0 Å². The molecule has 0 unspecified atom stereocenters.